The van der Waals surface area contributed by atoms with E-state index in [1.807, 2.05) is 25.2 Å². The second-order valence-electron chi connectivity index (χ2n) is 9.81. The minimum Gasteiger partial charge on any atom is -0.467 e. The van der Waals surface area contributed by atoms with Crippen LogP contribution in [0.25, 0.3) is 21.8 Å². The summed E-state index contributed by atoms with van der Waals surface area (Å²) in [6, 6.07) is 10.1. The maximum Gasteiger partial charge on any atom is 0.337 e. The zero-order chi connectivity index (χ0) is 23.8. The minimum absolute atomic E-state index is 0.0103. The van der Waals surface area contributed by atoms with E-state index in [1.54, 1.807) is 6.20 Å². The Morgan fingerprint density at radius 2 is 1.81 bits per heavy atom. The number of benzene rings is 1. The number of carbonyl (C=O) groups is 1. The van der Waals surface area contributed by atoms with Crippen molar-refractivity contribution < 1.29 is 24.2 Å². The predicted molar refractivity (Wildman–Crippen MR) is 128 cm³/mol. The van der Waals surface area contributed by atoms with Gasteiger partial charge in [0.05, 0.1) is 30.5 Å². The topological polar surface area (TPSA) is 93.8 Å². The van der Waals surface area contributed by atoms with Crippen molar-refractivity contribution in [3.63, 3.8) is 0 Å². The van der Waals surface area contributed by atoms with Crippen LogP contribution >= 0.6 is 0 Å². The van der Waals surface area contributed by atoms with E-state index in [9.17, 15) is 15.0 Å². The Bertz CT molecular complexity index is 1120. The Morgan fingerprint density at radius 3 is 2.44 bits per heavy atom. The number of esters is 1. The molecule has 0 aliphatic carbocycles. The smallest absolute Gasteiger partial charge is 0.337 e. The van der Waals surface area contributed by atoms with E-state index >= 15 is 0 Å². The summed E-state index contributed by atoms with van der Waals surface area (Å²) < 4.78 is 13.4. The molecule has 0 spiro atoms. The molecular weight excluding hydrogens is 424 g/mol. The van der Waals surface area contributed by atoms with Crippen LogP contribution in [0.15, 0.2) is 36.5 Å². The van der Waals surface area contributed by atoms with E-state index in [4.69, 9.17) is 4.43 Å². The molecule has 3 unspecified atom stereocenters. The highest BCUT2D eigenvalue weighted by Gasteiger charge is 2.41. The summed E-state index contributed by atoms with van der Waals surface area (Å²) in [6.45, 7) is 10.7. The molecule has 0 saturated carbocycles. The number of hydrogen-bond donors (Lipinski definition) is 2. The molecule has 2 heterocycles. The average molecular weight is 459 g/mol. The SMILES string of the molecule is COC(=O)C(O)C(O)CC(O[Si](C)(C)C(C)(C)C)c1nccc2c3ccccc3n(C)c12. The van der Waals surface area contributed by atoms with E-state index in [0.717, 1.165) is 21.8 Å². The molecule has 2 aromatic heterocycles. The first-order valence-corrected chi connectivity index (χ1v) is 13.7. The van der Waals surface area contributed by atoms with E-state index in [2.05, 4.69) is 60.3 Å². The zero-order valence-electron chi connectivity index (χ0n) is 19.9. The van der Waals surface area contributed by atoms with Gasteiger partial charge in [-0.15, -0.1) is 0 Å². The lowest BCUT2D eigenvalue weighted by Gasteiger charge is -2.39. The van der Waals surface area contributed by atoms with Gasteiger partial charge >= 0.3 is 5.97 Å². The van der Waals surface area contributed by atoms with Gasteiger partial charge in [-0.25, -0.2) is 4.79 Å². The molecule has 0 amide bonds. The highest BCUT2D eigenvalue weighted by molar-refractivity contribution is 6.74. The maximum absolute atomic E-state index is 11.8. The monoisotopic (exact) mass is 458 g/mol. The molecule has 174 valence electrons. The largest absolute Gasteiger partial charge is 0.467 e. The second kappa shape index (κ2) is 8.94. The number of nitrogens with zero attached hydrogens (tertiary/aromatic N) is 2. The number of hydrogen-bond acceptors (Lipinski definition) is 6. The molecular formula is C24H34N2O5Si. The van der Waals surface area contributed by atoms with Crippen LogP contribution in [0.2, 0.25) is 18.1 Å². The van der Waals surface area contributed by atoms with Gasteiger partial charge in [-0.2, -0.15) is 0 Å². The lowest BCUT2D eigenvalue weighted by atomic mass is 10.0. The Morgan fingerprint density at radius 1 is 1.16 bits per heavy atom. The third-order valence-corrected chi connectivity index (χ3v) is 11.1. The number of ether oxygens (including phenoxy) is 1. The van der Waals surface area contributed by atoms with Crippen LogP contribution in [0.1, 0.15) is 39.0 Å². The summed E-state index contributed by atoms with van der Waals surface area (Å²) in [6.07, 6.45) is -1.87. The molecule has 7 nitrogen and oxygen atoms in total. The number of carbonyl (C=O) groups excluding carboxylic acids is 1. The van der Waals surface area contributed by atoms with Gasteiger partial charge in [-0.1, -0.05) is 39.0 Å². The van der Waals surface area contributed by atoms with Crippen molar-refractivity contribution in [1.29, 1.82) is 0 Å². The Kier molecular flexibility index (Phi) is 6.81. The standard InChI is InChI=1S/C24H34N2O5Si/c1-24(2,3)32(6,7)31-19(14-18(27)22(28)23(29)30-5)20-21-16(12-13-25-20)15-10-8-9-11-17(15)26(21)4/h8-13,18-19,22,27-28H,14H2,1-7H3. The van der Waals surface area contributed by atoms with Crippen LogP contribution in [-0.2, 0) is 21.0 Å². The van der Waals surface area contributed by atoms with Crippen molar-refractivity contribution in [3.05, 3.63) is 42.2 Å². The van der Waals surface area contributed by atoms with E-state index in [1.165, 1.54) is 7.11 Å². The van der Waals surface area contributed by atoms with E-state index in [0.29, 0.717) is 5.69 Å². The second-order valence-corrected chi connectivity index (χ2v) is 14.6. The normalized spacial score (nSPS) is 15.7. The van der Waals surface area contributed by atoms with Crippen LogP contribution in [0.3, 0.4) is 0 Å². The average Bonchev–Trinajstić information content (AvgIpc) is 3.04. The number of pyridine rings is 1. The Hall–Kier alpha value is -2.26. The van der Waals surface area contributed by atoms with Gasteiger partial charge in [0.25, 0.3) is 0 Å². The van der Waals surface area contributed by atoms with E-state index in [-0.39, 0.29) is 11.5 Å². The fraction of sp³-hybridized carbons (Fsp3) is 0.500. The van der Waals surface area contributed by atoms with Gasteiger partial charge in [0.1, 0.15) is 0 Å². The number of aryl methyl sites for hydroxylation is 1. The zero-order valence-corrected chi connectivity index (χ0v) is 20.9. The van der Waals surface area contributed by atoms with Crippen molar-refractivity contribution in [2.24, 2.45) is 7.05 Å². The number of aliphatic hydroxyl groups excluding tert-OH is 2. The molecule has 1 aromatic carbocycles. The summed E-state index contributed by atoms with van der Waals surface area (Å²) in [4.78, 5) is 16.5. The lowest BCUT2D eigenvalue weighted by Crippen LogP contribution is -2.43. The summed E-state index contributed by atoms with van der Waals surface area (Å²) in [5.74, 6) is -0.876. The molecule has 0 aliphatic heterocycles. The maximum atomic E-state index is 11.8. The third kappa shape index (κ3) is 4.45. The molecule has 3 atom stereocenters. The number of aliphatic hydroxyl groups is 2. The van der Waals surface area contributed by atoms with Gasteiger partial charge in [-0.3, -0.25) is 4.98 Å². The fourth-order valence-electron chi connectivity index (χ4n) is 3.76. The van der Waals surface area contributed by atoms with Crippen molar-refractivity contribution in [1.82, 2.24) is 9.55 Å². The molecule has 0 bridgehead atoms. The summed E-state index contributed by atoms with van der Waals surface area (Å²) in [7, 11) is 0.876. The minimum atomic E-state index is -2.29. The number of rotatable bonds is 7. The van der Waals surface area contributed by atoms with Crippen LogP contribution < -0.4 is 0 Å². The summed E-state index contributed by atoms with van der Waals surface area (Å²) in [5.41, 5.74) is 2.66. The first-order valence-electron chi connectivity index (χ1n) is 10.8. The molecule has 0 aliphatic rings. The summed E-state index contributed by atoms with van der Waals surface area (Å²) >= 11 is 0. The van der Waals surface area contributed by atoms with Gasteiger partial charge in [0, 0.05) is 36.0 Å². The molecule has 0 radical (unpaired) electrons. The molecule has 8 heteroatoms. The fourth-order valence-corrected chi connectivity index (χ4v) is 5.04. The number of para-hydroxylation sites is 1. The quantitative estimate of drug-likeness (QED) is 0.409. The van der Waals surface area contributed by atoms with Gasteiger partial charge < -0.3 is 23.9 Å². The Balaban J connectivity index is 2.15. The van der Waals surface area contributed by atoms with Crippen LogP contribution in [-0.4, -0.2) is 53.4 Å². The molecule has 32 heavy (non-hydrogen) atoms. The van der Waals surface area contributed by atoms with Crippen LogP contribution in [0.5, 0.6) is 0 Å². The van der Waals surface area contributed by atoms with Crippen molar-refractivity contribution in [2.75, 3.05) is 7.11 Å². The number of fused-ring (bicyclic) bond motifs is 3. The number of aromatic nitrogens is 2. The van der Waals surface area contributed by atoms with Crippen molar-refractivity contribution >= 4 is 36.1 Å². The van der Waals surface area contributed by atoms with Crippen molar-refractivity contribution in [2.45, 2.75) is 63.6 Å². The van der Waals surface area contributed by atoms with Gasteiger partial charge in [0.15, 0.2) is 14.4 Å². The highest BCUT2D eigenvalue weighted by Crippen LogP contribution is 2.42. The Labute approximate surface area is 190 Å². The summed E-state index contributed by atoms with van der Waals surface area (Å²) in [5, 5.41) is 23.0. The van der Waals surface area contributed by atoms with E-state index < -0.39 is 32.6 Å². The predicted octanol–water partition coefficient (Wildman–Crippen LogP) is 4.07. The first-order chi connectivity index (χ1) is 14.9. The van der Waals surface area contributed by atoms with Crippen molar-refractivity contribution in [3.8, 4) is 0 Å². The molecule has 2 N–H and O–H groups in total. The van der Waals surface area contributed by atoms with Crippen LogP contribution in [0.4, 0.5) is 0 Å². The highest BCUT2D eigenvalue weighted by atomic mass is 28.4. The molecule has 0 saturated heterocycles. The third-order valence-electron chi connectivity index (χ3n) is 6.65. The first kappa shape index (κ1) is 24.4. The van der Waals surface area contributed by atoms with Crippen LogP contribution in [0, 0.1) is 0 Å². The lowest BCUT2D eigenvalue weighted by molar-refractivity contribution is -0.157. The molecule has 0 fully saturated rings. The molecule has 3 aromatic rings. The van der Waals surface area contributed by atoms with Gasteiger partial charge in [-0.05, 0) is 30.3 Å². The molecule has 3 rings (SSSR count). The number of methoxy groups -OCH3 is 1. The van der Waals surface area contributed by atoms with Gasteiger partial charge in [0.2, 0.25) is 0 Å².